The van der Waals surface area contributed by atoms with Crippen molar-refractivity contribution >= 4 is 152 Å². The second-order valence-corrected chi connectivity index (χ2v) is 24.7. The van der Waals surface area contributed by atoms with Crippen LogP contribution in [0, 0.1) is 55.1 Å². The molecule has 0 amide bonds. The highest BCUT2D eigenvalue weighted by Gasteiger charge is 2.64. The Morgan fingerprint density at radius 2 is 0.837 bits per heavy atom. The maximum absolute atomic E-state index is 14.2. The van der Waals surface area contributed by atoms with Gasteiger partial charge in [0.2, 0.25) is 5.82 Å². The van der Waals surface area contributed by atoms with E-state index in [1.54, 1.807) is 0 Å². The number of phenols is 2. The Morgan fingerprint density at radius 1 is 0.512 bits per heavy atom. The third kappa shape index (κ3) is 17.9. The molecule has 3 fully saturated rings. The molecule has 7 aromatic rings. The van der Waals surface area contributed by atoms with Crippen LogP contribution in [-0.2, 0) is 27.9 Å². The molecule has 0 atom stereocenters. The fourth-order valence-electron chi connectivity index (χ4n) is 6.96. The fraction of sp³-hybridized carbons (Fsp3) is 0.373. The lowest BCUT2D eigenvalue weighted by atomic mass is 9.49. The maximum atomic E-state index is 14.2. The highest BCUT2D eigenvalue weighted by Crippen LogP contribution is 2.43. The molecule has 10 rings (SSSR count). The van der Waals surface area contributed by atoms with Crippen molar-refractivity contribution in [2.75, 3.05) is 10.6 Å². The summed E-state index contributed by atoms with van der Waals surface area (Å²) in [4.78, 5) is 45.4. The van der Waals surface area contributed by atoms with Gasteiger partial charge in [-0.2, -0.15) is 4.39 Å². The first-order valence-corrected chi connectivity index (χ1v) is 29.3. The average Bonchev–Trinajstić information content (AvgIpc) is 1.64. The molecule has 3 aliphatic rings. The average molecular weight is 1590 g/mol. The molecule has 0 saturated carbocycles. The minimum atomic E-state index is -1.06. The first kappa shape index (κ1) is 71.8. The Hall–Kier alpha value is -4.98. The second kappa shape index (κ2) is 28.7. The minimum Gasteiger partial charge on any atom is -0.506 e. The number of alkyl halides is 1. The highest BCUT2D eigenvalue weighted by molar-refractivity contribution is 14.1. The van der Waals surface area contributed by atoms with E-state index in [4.69, 9.17) is 54.1 Å². The third-order valence-corrected chi connectivity index (χ3v) is 16.2. The Kier molecular flexibility index (Phi) is 23.9. The fourth-order valence-corrected chi connectivity index (χ4v) is 8.26. The monoisotopic (exact) mass is 1580 g/mol. The summed E-state index contributed by atoms with van der Waals surface area (Å²) in [5, 5.41) is 38.1. The molecule has 5 aromatic carbocycles. The van der Waals surface area contributed by atoms with E-state index in [-0.39, 0.29) is 62.8 Å². The predicted octanol–water partition coefficient (Wildman–Crippen LogP) is 13.6. The predicted molar refractivity (Wildman–Crippen MR) is 332 cm³/mol. The van der Waals surface area contributed by atoms with Gasteiger partial charge in [0, 0.05) is 37.2 Å². The zero-order valence-electron chi connectivity index (χ0n) is 48.5. The molecule has 35 heteroatoms. The van der Waals surface area contributed by atoms with Gasteiger partial charge in [0.05, 0.1) is 90.2 Å². The van der Waals surface area contributed by atoms with Crippen molar-refractivity contribution in [2.45, 2.75) is 117 Å². The van der Waals surface area contributed by atoms with E-state index in [0.29, 0.717) is 39.7 Å². The molecule has 3 aliphatic heterocycles. The van der Waals surface area contributed by atoms with Crippen LogP contribution in [-0.4, -0.2) is 89.7 Å². The molecule has 0 radical (unpaired) electrons. The summed E-state index contributed by atoms with van der Waals surface area (Å²) in [6, 6.07) is 10.3. The van der Waals surface area contributed by atoms with Crippen LogP contribution in [0.3, 0.4) is 0 Å². The van der Waals surface area contributed by atoms with Gasteiger partial charge >= 0.3 is 44.0 Å². The number of hydrogen-bond acceptors (Lipinski definition) is 17. The van der Waals surface area contributed by atoms with E-state index in [1.165, 1.54) is 30.3 Å². The Balaban J connectivity index is 0.000000225. The summed E-state index contributed by atoms with van der Waals surface area (Å²) in [6.07, 6.45) is 0. The van der Waals surface area contributed by atoms with Crippen molar-refractivity contribution in [3.63, 3.8) is 0 Å². The van der Waals surface area contributed by atoms with Gasteiger partial charge in [0.15, 0.2) is 16.9 Å². The Bertz CT molecular complexity index is 3530. The molecule has 3 saturated heterocycles. The van der Waals surface area contributed by atoms with Gasteiger partial charge < -0.3 is 52.7 Å². The van der Waals surface area contributed by atoms with Crippen molar-refractivity contribution in [3.8, 4) is 11.5 Å². The van der Waals surface area contributed by atoms with Gasteiger partial charge in [0.1, 0.15) is 34.8 Å². The molecule has 6 N–H and O–H groups in total. The zero-order chi connectivity index (χ0) is 66.4. The molecule has 466 valence electrons. The number of rotatable bonds is 4. The van der Waals surface area contributed by atoms with Crippen LogP contribution in [0.1, 0.15) is 84.5 Å². The molecule has 0 unspecified atom stereocenters. The van der Waals surface area contributed by atoms with E-state index in [9.17, 15) is 56.2 Å². The van der Waals surface area contributed by atoms with Crippen molar-refractivity contribution in [2.24, 2.45) is 0 Å². The van der Waals surface area contributed by atoms with Crippen molar-refractivity contribution < 1.29 is 84.5 Å². The standard InChI is InChI=1S/C13H15BFNO4.C12H24B2O4.C7H3BrFNO2.C6H2BrF2NO2.C6H3BrFNO3.C6H5BrFNO.CH3I/c1-12(2)13(3,4)20-14(19-12)7-5-10-9(6-8(7)15)16-11(17)18-10;1-9(2)10(3,4)16-13(15-9)14-17-11(5,6)12(7,8)18-14;8-3-1-6-5(2-4(3)9)10-7(11)12-6;7-3-1-5(9)6(10(11)12)2-4(3)8;7-3-1-6(10)5(9(11)12)2-4(3)8;7-3-1-6(10)5(9)2-4(3)8;1-2/h5-6H,1-4H3,(H,16,17);1-8H3;1-2H,(H,10,11);1-2H;1-2,10H;1-2,10H,9H2;1H3/i;;;;;;1D. The third-order valence-electron chi connectivity index (χ3n) is 13.7. The van der Waals surface area contributed by atoms with Crippen LogP contribution in [0.2, 0.25) is 0 Å². The van der Waals surface area contributed by atoms with Crippen molar-refractivity contribution in [3.05, 3.63) is 155 Å². The van der Waals surface area contributed by atoms with Crippen LogP contribution in [0.4, 0.5) is 43.4 Å². The van der Waals surface area contributed by atoms with E-state index in [2.05, 4.69) is 73.7 Å². The molecule has 0 aliphatic carbocycles. The number of anilines is 1. The number of oxazole rings is 2. The molecule has 86 heavy (non-hydrogen) atoms. The minimum absolute atomic E-state index is 0.00870. The lowest BCUT2D eigenvalue weighted by Crippen LogP contribution is -2.41. The lowest BCUT2D eigenvalue weighted by Gasteiger charge is -2.32. The number of nitro benzene ring substituents is 2. The highest BCUT2D eigenvalue weighted by atomic mass is 127. The molecular formula is C51H55B3Br4F6IN5O16. The van der Waals surface area contributed by atoms with Crippen LogP contribution in [0.15, 0.2) is 97.0 Å². The van der Waals surface area contributed by atoms with Crippen LogP contribution in [0.5, 0.6) is 11.5 Å². The number of nitrogens with two attached hydrogens (primary N) is 1. The number of H-pyrrole nitrogens is 2. The summed E-state index contributed by atoms with van der Waals surface area (Å²) in [7, 11) is -1.78. The quantitative estimate of drug-likeness (QED) is 0.0126. The van der Waals surface area contributed by atoms with Gasteiger partial charge in [-0.3, -0.25) is 30.2 Å². The number of hydrogen-bond donors (Lipinski definition) is 5. The zero-order valence-corrected chi connectivity index (χ0v) is 56.0. The number of nitrogen functional groups attached to an aromatic ring is 1. The van der Waals surface area contributed by atoms with E-state index < -0.39 is 106 Å². The van der Waals surface area contributed by atoms with Crippen LogP contribution < -0.4 is 22.7 Å². The SMILES string of the molecule is CC1(C)OB(B2OC(C)(C)C(C)(C)O2)OC1(C)C.CC1(C)OB(c2cc3oc(=O)[nH]c3cc2F)OC1(C)C.Nc1cc(F)c(Br)cc1O.O=[N+]([O-])c1cc(F)c(Br)cc1F.O=[N+]([O-])c1cc(F)c(Br)cc1O.O=c1[nH]c2cc(F)c(Br)cc2o1.[2H]CI. The normalized spacial score (nSPS) is 17.2. The van der Waals surface area contributed by atoms with Gasteiger partial charge in [0.25, 0.3) is 0 Å². The van der Waals surface area contributed by atoms with Gasteiger partial charge in [-0.05, 0) is 170 Å². The van der Waals surface area contributed by atoms with E-state index in [0.717, 1.165) is 12.1 Å². The first-order chi connectivity index (χ1) is 39.8. The maximum Gasteiger partial charge on any atom is 0.497 e. The largest absolute Gasteiger partial charge is 0.506 e. The number of aromatic hydroxyl groups is 2. The summed E-state index contributed by atoms with van der Waals surface area (Å²) in [6.45, 7) is 23.8. The first-order valence-electron chi connectivity index (χ1n) is 25.3. The molecule has 21 nitrogen and oxygen atoms in total. The lowest BCUT2D eigenvalue weighted by molar-refractivity contribution is -0.387. The van der Waals surface area contributed by atoms with Gasteiger partial charge in [-0.15, -0.1) is 0 Å². The smallest absolute Gasteiger partial charge is 0.497 e. The van der Waals surface area contributed by atoms with Gasteiger partial charge in [-0.25, -0.2) is 31.5 Å². The number of fused-ring (bicyclic) bond motifs is 2. The number of halogens is 11. The Morgan fingerprint density at radius 3 is 1.24 bits per heavy atom. The number of benzene rings is 5. The van der Waals surface area contributed by atoms with Crippen LogP contribution in [0.25, 0.3) is 22.2 Å². The summed E-state index contributed by atoms with van der Waals surface area (Å²) < 4.78 is 129. The Labute approximate surface area is 536 Å². The number of nitrogens with zero attached hydrogens (tertiary/aromatic N) is 2. The molecule has 0 bridgehead atoms. The summed E-state index contributed by atoms with van der Waals surface area (Å²) in [5.41, 5.74) is 2.67. The van der Waals surface area contributed by atoms with Crippen LogP contribution >= 0.6 is 86.3 Å². The second-order valence-electron chi connectivity index (χ2n) is 21.3. The van der Waals surface area contributed by atoms with Crippen molar-refractivity contribution in [1.82, 2.24) is 9.97 Å². The summed E-state index contributed by atoms with van der Waals surface area (Å²) >= 11 is 13.3. The van der Waals surface area contributed by atoms with Crippen molar-refractivity contribution in [1.29, 1.82) is 0 Å². The number of nitrogens with one attached hydrogen (secondary N) is 2. The molecule has 0 spiro atoms. The number of nitro groups is 2. The summed E-state index contributed by atoms with van der Waals surface area (Å²) in [5.74, 6) is -5.99. The van der Waals surface area contributed by atoms with E-state index in [1.807, 2.05) is 106 Å². The molecule has 2 aromatic heterocycles. The number of aromatic amines is 2. The topological polar surface area (TPSA) is 300 Å². The number of aromatic nitrogens is 2. The number of phenolic OH excluding ortho intramolecular Hbond substituents is 2. The molecular weight excluding hydrogens is 1530 g/mol. The van der Waals surface area contributed by atoms with Gasteiger partial charge in [-0.1, -0.05) is 22.6 Å². The van der Waals surface area contributed by atoms with E-state index >= 15 is 0 Å². The molecule has 5 heterocycles.